The number of hydrogen-bond acceptors (Lipinski definition) is 4. The SMILES string of the molecule is Cc1ccc(C2=Nc3cc(C)c(C)cc3N=C(SCC(=O)Nc3ccc(C)c(F)c3)C2)cc1. The molecule has 1 heterocycles. The molecular weight excluding hydrogens is 433 g/mol. The molecule has 3 aromatic rings. The summed E-state index contributed by atoms with van der Waals surface area (Å²) in [4.78, 5) is 22.3. The van der Waals surface area contributed by atoms with Gasteiger partial charge in [0.15, 0.2) is 0 Å². The Morgan fingerprint density at radius 2 is 1.58 bits per heavy atom. The van der Waals surface area contributed by atoms with Crippen LogP contribution in [0.3, 0.4) is 0 Å². The van der Waals surface area contributed by atoms with Gasteiger partial charge >= 0.3 is 0 Å². The van der Waals surface area contributed by atoms with Gasteiger partial charge < -0.3 is 5.32 Å². The number of nitrogens with one attached hydrogen (secondary N) is 1. The van der Waals surface area contributed by atoms with E-state index in [2.05, 4.69) is 56.4 Å². The first kappa shape index (κ1) is 22.9. The van der Waals surface area contributed by atoms with Crippen molar-refractivity contribution in [2.75, 3.05) is 11.1 Å². The Hall–Kier alpha value is -3.25. The molecule has 1 aliphatic heterocycles. The molecule has 0 spiro atoms. The number of thioether (sulfide) groups is 1. The zero-order chi connectivity index (χ0) is 23.5. The molecule has 1 aliphatic rings. The first-order valence-electron chi connectivity index (χ1n) is 10.8. The first-order chi connectivity index (χ1) is 15.8. The number of carbonyl (C=O) groups excluding carboxylic acids is 1. The summed E-state index contributed by atoms with van der Waals surface area (Å²) in [6, 6.07) is 17.1. The molecule has 4 nitrogen and oxygen atoms in total. The van der Waals surface area contributed by atoms with E-state index in [-0.39, 0.29) is 17.5 Å². The summed E-state index contributed by atoms with van der Waals surface area (Å²) >= 11 is 1.38. The Morgan fingerprint density at radius 3 is 2.24 bits per heavy atom. The zero-order valence-corrected chi connectivity index (χ0v) is 20.0. The van der Waals surface area contributed by atoms with Crippen LogP contribution in [0.2, 0.25) is 0 Å². The van der Waals surface area contributed by atoms with Crippen LogP contribution in [0.5, 0.6) is 0 Å². The number of halogens is 1. The van der Waals surface area contributed by atoms with Crippen LogP contribution in [0.1, 0.15) is 34.2 Å². The van der Waals surface area contributed by atoms with Gasteiger partial charge in [-0.1, -0.05) is 35.9 Å². The fourth-order valence-corrected chi connectivity index (χ4v) is 4.25. The van der Waals surface area contributed by atoms with Crippen LogP contribution in [0, 0.1) is 33.5 Å². The lowest BCUT2D eigenvalue weighted by Crippen LogP contribution is -2.16. The summed E-state index contributed by atoms with van der Waals surface area (Å²) in [5.41, 5.74) is 8.10. The summed E-state index contributed by atoms with van der Waals surface area (Å²) < 4.78 is 13.8. The second-order valence-corrected chi connectivity index (χ2v) is 9.38. The monoisotopic (exact) mass is 459 g/mol. The van der Waals surface area contributed by atoms with Crippen LogP contribution < -0.4 is 5.32 Å². The van der Waals surface area contributed by atoms with Gasteiger partial charge in [0.05, 0.1) is 27.9 Å². The molecule has 0 bridgehead atoms. The maximum Gasteiger partial charge on any atom is 0.234 e. The van der Waals surface area contributed by atoms with Gasteiger partial charge in [-0.25, -0.2) is 9.38 Å². The maximum absolute atomic E-state index is 13.8. The summed E-state index contributed by atoms with van der Waals surface area (Å²) in [7, 11) is 0. The number of benzene rings is 3. The molecule has 0 saturated heterocycles. The summed E-state index contributed by atoms with van der Waals surface area (Å²) in [5.74, 6) is -0.366. The lowest BCUT2D eigenvalue weighted by molar-refractivity contribution is -0.113. The van der Waals surface area contributed by atoms with Gasteiger partial charge in [-0.05, 0) is 74.2 Å². The molecule has 0 fully saturated rings. The van der Waals surface area contributed by atoms with Gasteiger partial charge in [-0.3, -0.25) is 9.79 Å². The van der Waals surface area contributed by atoms with Gasteiger partial charge in [-0.2, -0.15) is 0 Å². The fraction of sp³-hybridized carbons (Fsp3) is 0.222. The predicted molar refractivity (Wildman–Crippen MR) is 137 cm³/mol. The highest BCUT2D eigenvalue weighted by atomic mass is 32.2. The average Bonchev–Trinajstić information content (AvgIpc) is 2.95. The van der Waals surface area contributed by atoms with E-state index in [1.165, 1.54) is 23.4 Å². The topological polar surface area (TPSA) is 53.8 Å². The third kappa shape index (κ3) is 5.57. The number of nitrogens with zero attached hydrogens (tertiary/aromatic N) is 2. The quantitative estimate of drug-likeness (QED) is 0.457. The number of aliphatic imine (C=N–C) groups is 2. The molecule has 0 atom stereocenters. The first-order valence-corrected chi connectivity index (χ1v) is 11.8. The molecule has 0 aliphatic carbocycles. The molecule has 0 unspecified atom stereocenters. The Balaban J connectivity index is 1.57. The molecular formula is C27H26FN3OS. The molecule has 33 heavy (non-hydrogen) atoms. The zero-order valence-electron chi connectivity index (χ0n) is 19.2. The van der Waals surface area contributed by atoms with E-state index in [1.54, 1.807) is 19.1 Å². The smallest absolute Gasteiger partial charge is 0.234 e. The standard InChI is InChI=1S/C27H26FN3OS/c1-16-5-8-20(9-6-16)23-14-27(31-25-12-19(4)18(3)11-24(25)30-23)33-15-26(32)29-21-10-7-17(2)22(28)13-21/h5-13H,14-15H2,1-4H3,(H,29,32). The number of fused-ring (bicyclic) bond motifs is 1. The lowest BCUT2D eigenvalue weighted by atomic mass is 10.1. The van der Waals surface area contributed by atoms with E-state index < -0.39 is 0 Å². The Bertz CT molecular complexity index is 1280. The molecule has 3 aromatic carbocycles. The van der Waals surface area contributed by atoms with Crippen molar-refractivity contribution in [2.24, 2.45) is 9.98 Å². The molecule has 0 saturated carbocycles. The van der Waals surface area contributed by atoms with E-state index in [9.17, 15) is 9.18 Å². The van der Waals surface area contributed by atoms with Crippen LogP contribution in [0.4, 0.5) is 21.5 Å². The van der Waals surface area contributed by atoms with Crippen molar-refractivity contribution >= 4 is 45.5 Å². The lowest BCUT2D eigenvalue weighted by Gasteiger charge is -2.09. The van der Waals surface area contributed by atoms with E-state index >= 15 is 0 Å². The van der Waals surface area contributed by atoms with Crippen LogP contribution in [0.25, 0.3) is 0 Å². The summed E-state index contributed by atoms with van der Waals surface area (Å²) in [5, 5.41) is 3.59. The van der Waals surface area contributed by atoms with E-state index in [4.69, 9.17) is 9.98 Å². The Labute approximate surface area is 198 Å². The van der Waals surface area contributed by atoms with Gasteiger partial charge in [0.25, 0.3) is 0 Å². The van der Waals surface area contributed by atoms with Crippen LogP contribution in [-0.2, 0) is 4.79 Å². The third-order valence-electron chi connectivity index (χ3n) is 5.62. The molecule has 1 N–H and O–H groups in total. The van der Waals surface area contributed by atoms with E-state index in [0.29, 0.717) is 17.7 Å². The predicted octanol–water partition coefficient (Wildman–Crippen LogP) is 6.99. The van der Waals surface area contributed by atoms with Gasteiger partial charge in [-0.15, -0.1) is 11.8 Å². The largest absolute Gasteiger partial charge is 0.325 e. The van der Waals surface area contributed by atoms with Crippen molar-refractivity contribution in [1.82, 2.24) is 0 Å². The van der Waals surface area contributed by atoms with Gasteiger partial charge in [0.2, 0.25) is 5.91 Å². The van der Waals surface area contributed by atoms with Gasteiger partial charge in [0, 0.05) is 12.1 Å². The molecule has 168 valence electrons. The van der Waals surface area contributed by atoms with Crippen LogP contribution >= 0.6 is 11.8 Å². The number of rotatable bonds is 4. The maximum atomic E-state index is 13.8. The highest BCUT2D eigenvalue weighted by molar-refractivity contribution is 8.14. The second-order valence-electron chi connectivity index (χ2n) is 8.33. The van der Waals surface area contributed by atoms with Crippen molar-refractivity contribution in [3.05, 3.63) is 88.2 Å². The van der Waals surface area contributed by atoms with Crippen molar-refractivity contribution in [3.63, 3.8) is 0 Å². The van der Waals surface area contributed by atoms with Crippen molar-refractivity contribution in [1.29, 1.82) is 0 Å². The van der Waals surface area contributed by atoms with Crippen LogP contribution in [0.15, 0.2) is 64.6 Å². The van der Waals surface area contributed by atoms with E-state index in [1.807, 2.05) is 6.07 Å². The fourth-order valence-electron chi connectivity index (χ4n) is 3.48. The molecule has 0 radical (unpaired) electrons. The number of amides is 1. The number of carbonyl (C=O) groups is 1. The Morgan fingerprint density at radius 1 is 0.909 bits per heavy atom. The number of hydrogen-bond donors (Lipinski definition) is 1. The molecule has 0 aromatic heterocycles. The normalized spacial score (nSPS) is 13.0. The van der Waals surface area contributed by atoms with Crippen molar-refractivity contribution in [2.45, 2.75) is 34.1 Å². The van der Waals surface area contributed by atoms with Crippen molar-refractivity contribution < 1.29 is 9.18 Å². The minimum atomic E-state index is -0.338. The average molecular weight is 460 g/mol. The minimum absolute atomic E-state index is 0.176. The number of aryl methyl sites for hydroxylation is 4. The molecule has 4 rings (SSSR count). The highest BCUT2D eigenvalue weighted by Crippen LogP contribution is 2.36. The Kier molecular flexibility index (Phi) is 6.75. The van der Waals surface area contributed by atoms with Crippen LogP contribution in [-0.4, -0.2) is 22.4 Å². The minimum Gasteiger partial charge on any atom is -0.325 e. The summed E-state index contributed by atoms with van der Waals surface area (Å²) in [6.45, 7) is 7.87. The summed E-state index contributed by atoms with van der Waals surface area (Å²) in [6.07, 6.45) is 0.535. The molecule has 1 amide bonds. The van der Waals surface area contributed by atoms with E-state index in [0.717, 1.165) is 38.8 Å². The van der Waals surface area contributed by atoms with Crippen molar-refractivity contribution in [3.8, 4) is 0 Å². The second kappa shape index (κ2) is 9.71. The molecule has 6 heteroatoms. The number of anilines is 1. The van der Waals surface area contributed by atoms with Gasteiger partial charge in [0.1, 0.15) is 5.82 Å². The third-order valence-corrected chi connectivity index (χ3v) is 6.60. The highest BCUT2D eigenvalue weighted by Gasteiger charge is 2.18.